The first kappa shape index (κ1) is 12.9. The smallest absolute Gasteiger partial charge is 0.287 e. The van der Waals surface area contributed by atoms with E-state index in [0.29, 0.717) is 0 Å². The molecule has 4 atom stereocenters. The fraction of sp³-hybridized carbons (Fsp3) is 0.556. The molecule has 1 aliphatic heterocycles. The minimum Gasteiger partial charge on any atom is -0.394 e. The van der Waals surface area contributed by atoms with Crippen LogP contribution in [0.1, 0.15) is 0 Å². The second kappa shape index (κ2) is 4.30. The van der Waals surface area contributed by atoms with Crippen LogP contribution in [0.4, 0.5) is 5.69 Å². The van der Waals surface area contributed by atoms with E-state index >= 15 is 0 Å². The topological polar surface area (TPSA) is 138 Å². The van der Waals surface area contributed by atoms with Crippen molar-refractivity contribution in [1.82, 2.24) is 4.57 Å². The Balaban J connectivity index is 2.33. The van der Waals surface area contributed by atoms with E-state index in [-0.39, 0.29) is 5.69 Å². The van der Waals surface area contributed by atoms with Gasteiger partial charge < -0.3 is 25.2 Å². The highest BCUT2D eigenvalue weighted by atomic mass is 16.7. The van der Waals surface area contributed by atoms with Crippen molar-refractivity contribution in [2.75, 3.05) is 6.61 Å². The number of nitro groups is 1. The molecule has 9 nitrogen and oxygen atoms in total. The van der Waals surface area contributed by atoms with Gasteiger partial charge in [-0.2, -0.15) is 0 Å². The molecule has 0 bridgehead atoms. The summed E-state index contributed by atoms with van der Waals surface area (Å²) >= 11 is 0. The summed E-state index contributed by atoms with van der Waals surface area (Å²) in [6, 6.07) is 1.10. The third kappa shape index (κ3) is 1.78. The predicted octanol–water partition coefficient (Wildman–Crippen LogP) is -1.89. The van der Waals surface area contributed by atoms with E-state index in [9.17, 15) is 25.4 Å². The number of aliphatic hydroxyl groups excluding tert-OH is 3. The normalized spacial score (nSPS) is 35.9. The summed E-state index contributed by atoms with van der Waals surface area (Å²) < 4.78 is 5.82. The maximum absolute atomic E-state index is 10.5. The van der Waals surface area contributed by atoms with Crippen molar-refractivity contribution in [3.8, 4) is 0 Å². The molecule has 1 aromatic heterocycles. The highest BCUT2D eigenvalue weighted by molar-refractivity contribution is 5.26. The highest BCUT2D eigenvalue weighted by Gasteiger charge is 2.54. The molecule has 0 saturated carbocycles. The van der Waals surface area contributed by atoms with Crippen LogP contribution in [0.2, 0.25) is 0 Å². The van der Waals surface area contributed by atoms with Crippen LogP contribution in [0.15, 0.2) is 18.5 Å². The van der Waals surface area contributed by atoms with E-state index in [1.807, 2.05) is 0 Å². The quantitative estimate of drug-likeness (QED) is 0.368. The van der Waals surface area contributed by atoms with Crippen LogP contribution in [0.3, 0.4) is 0 Å². The maximum Gasteiger partial charge on any atom is 0.287 e. The summed E-state index contributed by atoms with van der Waals surface area (Å²) in [4.78, 5) is 9.84. The first-order valence-corrected chi connectivity index (χ1v) is 5.10. The number of hydrogen-bond acceptors (Lipinski definition) is 7. The van der Waals surface area contributed by atoms with Crippen molar-refractivity contribution in [2.45, 2.75) is 24.2 Å². The summed E-state index contributed by atoms with van der Waals surface area (Å²) in [6.45, 7) is -0.607. The van der Waals surface area contributed by atoms with E-state index < -0.39 is 35.8 Å². The van der Waals surface area contributed by atoms with Crippen molar-refractivity contribution >= 4 is 5.69 Å². The van der Waals surface area contributed by atoms with Gasteiger partial charge in [-0.15, -0.1) is 0 Å². The average Bonchev–Trinajstić information content (AvgIpc) is 2.90. The molecule has 1 aromatic rings. The molecule has 0 aliphatic carbocycles. The number of nitrogens with zero attached hydrogens (tertiary/aromatic N) is 2. The first-order valence-electron chi connectivity index (χ1n) is 5.10. The second-order valence-corrected chi connectivity index (χ2v) is 3.97. The predicted molar refractivity (Wildman–Crippen MR) is 55.3 cm³/mol. The van der Waals surface area contributed by atoms with Gasteiger partial charge in [-0.3, -0.25) is 14.7 Å². The number of hydrogen-bond donors (Lipinski definition) is 4. The summed E-state index contributed by atoms with van der Waals surface area (Å²) in [7, 11) is 0. The van der Waals surface area contributed by atoms with Gasteiger partial charge >= 0.3 is 0 Å². The molecule has 0 radical (unpaired) electrons. The van der Waals surface area contributed by atoms with Crippen LogP contribution in [-0.4, -0.2) is 54.8 Å². The lowest BCUT2D eigenvalue weighted by Crippen LogP contribution is -2.45. The van der Waals surface area contributed by atoms with Crippen LogP contribution in [-0.2, 0) is 10.6 Å². The number of aliphatic hydroxyl groups is 4. The van der Waals surface area contributed by atoms with Crippen LogP contribution >= 0.6 is 0 Å². The lowest BCUT2D eigenvalue weighted by Gasteiger charge is -2.26. The van der Waals surface area contributed by atoms with Gasteiger partial charge in [0, 0.05) is 12.3 Å². The molecule has 2 heterocycles. The van der Waals surface area contributed by atoms with Gasteiger partial charge in [-0.25, -0.2) is 0 Å². The molecule has 0 amide bonds. The summed E-state index contributed by atoms with van der Waals surface area (Å²) in [5.74, 6) is -2.35. The van der Waals surface area contributed by atoms with Crippen molar-refractivity contribution in [1.29, 1.82) is 0 Å². The monoisotopic (exact) mass is 260 g/mol. The number of ether oxygens (including phenoxy) is 1. The molecular formula is C9H12N2O7. The zero-order valence-electron chi connectivity index (χ0n) is 9.08. The highest BCUT2D eigenvalue weighted by Crippen LogP contribution is 2.34. The van der Waals surface area contributed by atoms with Gasteiger partial charge in [0.15, 0.2) is 6.10 Å². The zero-order chi connectivity index (χ0) is 13.5. The SMILES string of the molecule is O=[N+]([O-])c1ccn([C@@]2(O)O[C@H](CO)[C@@H](O)[C@H]2O)c1. The fourth-order valence-corrected chi connectivity index (χ4v) is 1.84. The molecule has 0 aromatic carbocycles. The number of rotatable bonds is 3. The largest absolute Gasteiger partial charge is 0.394 e. The maximum atomic E-state index is 10.5. The van der Waals surface area contributed by atoms with Crippen LogP contribution < -0.4 is 0 Å². The van der Waals surface area contributed by atoms with Crippen LogP contribution in [0.5, 0.6) is 0 Å². The Morgan fingerprint density at radius 2 is 2.22 bits per heavy atom. The third-order valence-electron chi connectivity index (χ3n) is 2.85. The van der Waals surface area contributed by atoms with E-state index in [0.717, 1.165) is 23.0 Å². The molecule has 100 valence electrons. The lowest BCUT2D eigenvalue weighted by molar-refractivity contribution is -0.385. The summed E-state index contributed by atoms with van der Waals surface area (Å²) in [5.41, 5.74) is -0.304. The standard InChI is InChI=1S/C9H12N2O7/c12-4-6-7(13)8(14)9(15,18-6)10-2-1-5(3-10)11(16)17/h1-3,6-8,12-15H,4H2/t6-,7-,8-,9+/m1/s1. The minimum atomic E-state index is -2.35. The molecule has 0 spiro atoms. The van der Waals surface area contributed by atoms with Gasteiger partial charge in [0.05, 0.1) is 17.7 Å². The molecule has 18 heavy (non-hydrogen) atoms. The average molecular weight is 260 g/mol. The van der Waals surface area contributed by atoms with Gasteiger partial charge in [-0.1, -0.05) is 0 Å². The van der Waals surface area contributed by atoms with E-state index in [2.05, 4.69) is 0 Å². The molecular weight excluding hydrogens is 248 g/mol. The van der Waals surface area contributed by atoms with Gasteiger partial charge in [0.1, 0.15) is 12.2 Å². The molecule has 1 fully saturated rings. The molecule has 4 N–H and O–H groups in total. The Morgan fingerprint density at radius 3 is 2.67 bits per heavy atom. The van der Waals surface area contributed by atoms with Crippen LogP contribution in [0, 0.1) is 10.1 Å². The van der Waals surface area contributed by atoms with Crippen molar-refractivity contribution in [3.63, 3.8) is 0 Å². The zero-order valence-corrected chi connectivity index (χ0v) is 9.08. The molecule has 0 unspecified atom stereocenters. The molecule has 2 rings (SSSR count). The minimum absolute atomic E-state index is 0.304. The molecule has 9 heteroatoms. The Labute approximate surface area is 101 Å². The molecule has 1 aliphatic rings. The van der Waals surface area contributed by atoms with E-state index in [1.54, 1.807) is 0 Å². The summed E-state index contributed by atoms with van der Waals surface area (Å²) in [6.07, 6.45) is -2.32. The van der Waals surface area contributed by atoms with Gasteiger partial charge in [0.2, 0.25) is 0 Å². The first-order chi connectivity index (χ1) is 8.40. The van der Waals surface area contributed by atoms with Gasteiger partial charge in [0.25, 0.3) is 11.6 Å². The Bertz CT molecular complexity index is 462. The van der Waals surface area contributed by atoms with E-state index in [1.165, 1.54) is 0 Å². The fourth-order valence-electron chi connectivity index (χ4n) is 1.84. The Kier molecular flexibility index (Phi) is 3.09. The number of aromatic nitrogens is 1. The molecule has 1 saturated heterocycles. The lowest BCUT2D eigenvalue weighted by atomic mass is 10.1. The van der Waals surface area contributed by atoms with Gasteiger partial charge in [-0.05, 0) is 0 Å². The van der Waals surface area contributed by atoms with E-state index in [4.69, 9.17) is 9.84 Å². The van der Waals surface area contributed by atoms with Crippen molar-refractivity contribution in [3.05, 3.63) is 28.6 Å². The Morgan fingerprint density at radius 1 is 1.56 bits per heavy atom. The second-order valence-electron chi connectivity index (χ2n) is 3.97. The van der Waals surface area contributed by atoms with Crippen molar-refractivity contribution < 1.29 is 30.1 Å². The third-order valence-corrected chi connectivity index (χ3v) is 2.85. The van der Waals surface area contributed by atoms with Crippen LogP contribution in [0.25, 0.3) is 0 Å². The Hall–Kier alpha value is -1.52. The summed E-state index contributed by atoms with van der Waals surface area (Å²) in [5, 5.41) is 48.7. The van der Waals surface area contributed by atoms with Crippen molar-refractivity contribution in [2.24, 2.45) is 0 Å².